The summed E-state index contributed by atoms with van der Waals surface area (Å²) in [4.78, 5) is 13.8. The Balaban J connectivity index is 2.75. The summed E-state index contributed by atoms with van der Waals surface area (Å²) >= 11 is 0. The Morgan fingerprint density at radius 2 is 1.96 bits per heavy atom. The number of hydrogen-bond acceptors (Lipinski definition) is 3. The molecule has 0 amide bonds. The molecule has 0 spiro atoms. The van der Waals surface area contributed by atoms with E-state index in [1.54, 1.807) is 0 Å². The topological polar surface area (TPSA) is 64.3 Å². The molecule has 1 atom stereocenters. The van der Waals surface area contributed by atoms with Gasteiger partial charge in [-0.2, -0.15) is 5.26 Å². The van der Waals surface area contributed by atoms with E-state index in [0.717, 1.165) is 12.0 Å². The molecular formula is C19H22N2O2. The van der Waals surface area contributed by atoms with Crippen molar-refractivity contribution in [2.45, 2.75) is 33.2 Å². The molecule has 0 aromatic heterocycles. The number of aliphatic carboxylic acids is 1. The lowest BCUT2D eigenvalue weighted by atomic mass is 9.82. The molecule has 4 nitrogen and oxygen atoms in total. The smallest absolute Gasteiger partial charge is 0.338 e. The lowest BCUT2D eigenvalue weighted by Crippen LogP contribution is -2.38. The van der Waals surface area contributed by atoms with Crippen LogP contribution in [0.25, 0.3) is 5.57 Å². The van der Waals surface area contributed by atoms with E-state index in [1.165, 1.54) is 0 Å². The van der Waals surface area contributed by atoms with Crippen LogP contribution in [0.2, 0.25) is 0 Å². The Morgan fingerprint density at radius 1 is 1.35 bits per heavy atom. The number of rotatable bonds is 4. The van der Waals surface area contributed by atoms with Crippen molar-refractivity contribution in [3.05, 3.63) is 52.7 Å². The number of nitriles is 1. The molecule has 1 unspecified atom stereocenters. The quantitative estimate of drug-likeness (QED) is 0.921. The second-order valence-electron chi connectivity index (χ2n) is 6.29. The maximum Gasteiger partial charge on any atom is 0.338 e. The molecule has 0 aliphatic carbocycles. The van der Waals surface area contributed by atoms with Crippen molar-refractivity contribution in [1.82, 2.24) is 4.90 Å². The van der Waals surface area contributed by atoms with Gasteiger partial charge in [0, 0.05) is 18.3 Å². The zero-order chi connectivity index (χ0) is 17.1. The molecule has 120 valence electrons. The summed E-state index contributed by atoms with van der Waals surface area (Å²) in [5.74, 6) is -0.592. The molecule has 2 rings (SSSR count). The van der Waals surface area contributed by atoms with Gasteiger partial charge in [-0.15, -0.1) is 0 Å². The maximum absolute atomic E-state index is 11.9. The molecule has 23 heavy (non-hydrogen) atoms. The first-order valence-corrected chi connectivity index (χ1v) is 7.75. The molecule has 1 N–H and O–H groups in total. The summed E-state index contributed by atoms with van der Waals surface area (Å²) in [5, 5.41) is 19.5. The Bertz CT molecular complexity index is 709. The van der Waals surface area contributed by atoms with Crippen LogP contribution in [0.15, 0.2) is 47.2 Å². The Hall–Kier alpha value is -2.54. The van der Waals surface area contributed by atoms with Crippen molar-refractivity contribution in [3.63, 3.8) is 0 Å². The van der Waals surface area contributed by atoms with Gasteiger partial charge in [-0.25, -0.2) is 4.79 Å². The molecular weight excluding hydrogens is 288 g/mol. The molecule has 0 radical (unpaired) electrons. The summed E-state index contributed by atoms with van der Waals surface area (Å²) in [6.45, 7) is 6.03. The van der Waals surface area contributed by atoms with E-state index >= 15 is 0 Å². The van der Waals surface area contributed by atoms with E-state index < -0.39 is 5.97 Å². The minimum absolute atomic E-state index is 0.0988. The zero-order valence-electron chi connectivity index (χ0n) is 14.0. The van der Waals surface area contributed by atoms with Crippen LogP contribution in [0, 0.1) is 17.2 Å². The van der Waals surface area contributed by atoms with Crippen LogP contribution in [0.5, 0.6) is 0 Å². The number of benzene rings is 1. The first kappa shape index (κ1) is 16.8. The maximum atomic E-state index is 11.9. The van der Waals surface area contributed by atoms with Crippen molar-refractivity contribution in [3.8, 4) is 6.07 Å². The summed E-state index contributed by atoms with van der Waals surface area (Å²) in [7, 11) is 1.87. The summed E-state index contributed by atoms with van der Waals surface area (Å²) in [6, 6.07) is 11.5. The van der Waals surface area contributed by atoms with Gasteiger partial charge in [-0.1, -0.05) is 44.2 Å². The van der Waals surface area contributed by atoms with Gasteiger partial charge in [-0.05, 0) is 24.8 Å². The van der Waals surface area contributed by atoms with Gasteiger partial charge in [0.15, 0.2) is 0 Å². The normalized spacial score (nSPS) is 18.4. The van der Waals surface area contributed by atoms with Gasteiger partial charge in [0.2, 0.25) is 0 Å². The number of carbonyl (C=O) groups is 1. The summed E-state index contributed by atoms with van der Waals surface area (Å²) in [6.07, 6.45) is 0.806. The predicted octanol–water partition coefficient (Wildman–Crippen LogP) is 3.68. The second kappa shape index (κ2) is 6.70. The van der Waals surface area contributed by atoms with E-state index in [1.807, 2.05) is 49.2 Å². The van der Waals surface area contributed by atoms with Gasteiger partial charge in [0.25, 0.3) is 0 Å². The number of hydrogen-bond donors (Lipinski definition) is 1. The molecule has 1 aromatic carbocycles. The highest BCUT2D eigenvalue weighted by atomic mass is 16.4. The largest absolute Gasteiger partial charge is 0.478 e. The Morgan fingerprint density at radius 3 is 2.43 bits per heavy atom. The van der Waals surface area contributed by atoms with Crippen LogP contribution < -0.4 is 0 Å². The van der Waals surface area contributed by atoms with Crippen molar-refractivity contribution in [2.24, 2.45) is 5.92 Å². The fourth-order valence-electron chi connectivity index (χ4n) is 3.11. The van der Waals surface area contributed by atoms with E-state index in [2.05, 4.69) is 19.9 Å². The first-order chi connectivity index (χ1) is 10.9. The van der Waals surface area contributed by atoms with Crippen LogP contribution >= 0.6 is 0 Å². The molecule has 1 aliphatic rings. The van der Waals surface area contributed by atoms with Crippen molar-refractivity contribution in [1.29, 1.82) is 5.26 Å². The molecule has 1 heterocycles. The van der Waals surface area contributed by atoms with Crippen LogP contribution in [-0.2, 0) is 4.79 Å². The Kier molecular flexibility index (Phi) is 4.90. The molecule has 0 fully saturated rings. The van der Waals surface area contributed by atoms with Gasteiger partial charge < -0.3 is 10.0 Å². The minimum Gasteiger partial charge on any atom is -0.478 e. The average Bonchev–Trinajstić information content (AvgIpc) is 2.51. The molecule has 0 saturated carbocycles. The Labute approximate surface area is 137 Å². The molecule has 1 aromatic rings. The zero-order valence-corrected chi connectivity index (χ0v) is 14.0. The second-order valence-corrected chi connectivity index (χ2v) is 6.29. The van der Waals surface area contributed by atoms with E-state index in [9.17, 15) is 15.2 Å². The van der Waals surface area contributed by atoms with E-state index in [4.69, 9.17) is 0 Å². The number of allylic oxidation sites excluding steroid dienone is 1. The fourth-order valence-corrected chi connectivity index (χ4v) is 3.11. The monoisotopic (exact) mass is 310 g/mol. The third-order valence-corrected chi connectivity index (χ3v) is 4.30. The lowest BCUT2D eigenvalue weighted by molar-refractivity contribution is -0.132. The third-order valence-electron chi connectivity index (χ3n) is 4.30. The first-order valence-electron chi connectivity index (χ1n) is 7.75. The predicted molar refractivity (Wildman–Crippen MR) is 90.3 cm³/mol. The minimum atomic E-state index is -0.996. The number of likely N-dealkylation sites (N-methyl/N-ethyl adjacent to an activating group) is 1. The summed E-state index contributed by atoms with van der Waals surface area (Å²) < 4.78 is 0. The van der Waals surface area contributed by atoms with Gasteiger partial charge in [0.1, 0.15) is 0 Å². The van der Waals surface area contributed by atoms with Crippen LogP contribution in [0.4, 0.5) is 0 Å². The highest BCUT2D eigenvalue weighted by Crippen LogP contribution is 2.39. The SMILES string of the molecule is CC1=C(C(=O)O)C(c2ccccc2)=C(C#N)C(CC(C)C)N1C. The lowest BCUT2D eigenvalue weighted by Gasteiger charge is -2.37. The van der Waals surface area contributed by atoms with Crippen molar-refractivity contribution in [2.75, 3.05) is 7.05 Å². The number of nitrogens with zero attached hydrogens (tertiary/aromatic N) is 2. The van der Waals surface area contributed by atoms with Crippen molar-refractivity contribution >= 4 is 11.5 Å². The fraction of sp³-hybridized carbons (Fsp3) is 0.368. The molecule has 0 bridgehead atoms. The van der Waals surface area contributed by atoms with Crippen LogP contribution in [0.1, 0.15) is 32.8 Å². The van der Waals surface area contributed by atoms with Crippen LogP contribution in [0.3, 0.4) is 0 Å². The average molecular weight is 310 g/mol. The highest BCUT2D eigenvalue weighted by Gasteiger charge is 2.35. The molecule has 0 saturated heterocycles. The van der Waals surface area contributed by atoms with E-state index in [-0.39, 0.29) is 11.6 Å². The molecule has 4 heteroatoms. The standard InChI is InChI=1S/C19H22N2O2/c1-12(2)10-16-15(11-20)18(14-8-6-5-7-9-14)17(19(22)23)13(3)21(16)4/h5-9,12,16H,10H2,1-4H3,(H,22,23). The molecule has 1 aliphatic heterocycles. The third kappa shape index (κ3) is 3.14. The van der Waals surface area contributed by atoms with E-state index in [0.29, 0.717) is 22.8 Å². The van der Waals surface area contributed by atoms with Gasteiger partial charge >= 0.3 is 5.97 Å². The van der Waals surface area contributed by atoms with Crippen LogP contribution in [-0.4, -0.2) is 29.1 Å². The van der Waals surface area contributed by atoms with Gasteiger partial charge in [0.05, 0.1) is 23.3 Å². The van der Waals surface area contributed by atoms with Gasteiger partial charge in [-0.3, -0.25) is 0 Å². The highest BCUT2D eigenvalue weighted by molar-refractivity contribution is 6.08. The number of carboxylic acids is 1. The number of carboxylic acid groups (broad SMARTS) is 1. The van der Waals surface area contributed by atoms with Crippen molar-refractivity contribution < 1.29 is 9.90 Å². The summed E-state index contributed by atoms with van der Waals surface area (Å²) in [5.41, 5.74) is 2.79.